The van der Waals surface area contributed by atoms with Crippen molar-refractivity contribution in [3.05, 3.63) is 89.5 Å². The monoisotopic (exact) mass is 657 g/mol. The third-order valence-corrected chi connectivity index (χ3v) is 7.52. The van der Waals surface area contributed by atoms with E-state index in [1.54, 1.807) is 85.5 Å². The van der Waals surface area contributed by atoms with Gasteiger partial charge in [0.05, 0.1) is 25.4 Å². The number of fused-ring (bicyclic) bond motifs is 1. The van der Waals surface area contributed by atoms with E-state index in [2.05, 4.69) is 10.6 Å². The second kappa shape index (κ2) is 16.7. The number of hydrogen-bond donors (Lipinski definition) is 4. The molecule has 1 aliphatic heterocycles. The zero-order valence-electron chi connectivity index (χ0n) is 26.8. The van der Waals surface area contributed by atoms with E-state index in [0.29, 0.717) is 28.3 Å². The largest absolute Gasteiger partial charge is 0.481 e. The minimum absolute atomic E-state index is 0.0259. The number of hydrogen-bond acceptors (Lipinski definition) is 9. The highest BCUT2D eigenvalue weighted by molar-refractivity contribution is 6.08. The highest BCUT2D eigenvalue weighted by atomic mass is 16.5. The van der Waals surface area contributed by atoms with Crippen LogP contribution in [0.15, 0.2) is 72.8 Å². The minimum Gasteiger partial charge on any atom is -0.481 e. The highest BCUT2D eigenvalue weighted by Gasteiger charge is 2.32. The predicted octanol–water partition coefficient (Wildman–Crippen LogP) is 3.08. The third kappa shape index (κ3) is 9.41. The van der Waals surface area contributed by atoms with Crippen molar-refractivity contribution in [3.63, 3.8) is 0 Å². The van der Waals surface area contributed by atoms with Crippen molar-refractivity contribution in [1.29, 1.82) is 5.41 Å². The average Bonchev–Trinajstić information content (AvgIpc) is 3.07. The van der Waals surface area contributed by atoms with Crippen LogP contribution in [0.4, 0.5) is 11.4 Å². The van der Waals surface area contributed by atoms with Crippen molar-refractivity contribution >= 4 is 46.9 Å². The molecule has 3 amide bonds. The van der Waals surface area contributed by atoms with Gasteiger partial charge in [-0.2, -0.15) is 0 Å². The van der Waals surface area contributed by atoms with Crippen molar-refractivity contribution in [2.75, 3.05) is 30.0 Å². The summed E-state index contributed by atoms with van der Waals surface area (Å²) in [6.45, 7) is 3.56. The smallest absolute Gasteiger partial charge is 0.328 e. The molecule has 252 valence electrons. The lowest BCUT2D eigenvalue weighted by atomic mass is 9.96. The Labute approximate surface area is 278 Å². The third-order valence-electron chi connectivity index (χ3n) is 7.52. The summed E-state index contributed by atoms with van der Waals surface area (Å²) >= 11 is 0. The number of esters is 2. The van der Waals surface area contributed by atoms with E-state index in [1.807, 2.05) is 6.07 Å². The lowest BCUT2D eigenvalue weighted by Gasteiger charge is -2.30. The van der Waals surface area contributed by atoms with Crippen LogP contribution in [0.2, 0.25) is 0 Å². The number of amides is 3. The number of amidine groups is 1. The molecular weight excluding hydrogens is 618 g/mol. The Morgan fingerprint density at radius 3 is 2.31 bits per heavy atom. The fourth-order valence-corrected chi connectivity index (χ4v) is 5.07. The van der Waals surface area contributed by atoms with Crippen molar-refractivity contribution in [2.24, 2.45) is 11.7 Å². The molecule has 4 rings (SSSR count). The van der Waals surface area contributed by atoms with Crippen LogP contribution < -0.4 is 26.0 Å². The summed E-state index contributed by atoms with van der Waals surface area (Å²) < 4.78 is 15.8. The molecule has 0 fully saturated rings. The molecule has 0 bridgehead atoms. The van der Waals surface area contributed by atoms with Crippen LogP contribution in [-0.2, 0) is 46.4 Å². The molecule has 5 N–H and O–H groups in total. The van der Waals surface area contributed by atoms with E-state index in [0.717, 1.165) is 5.56 Å². The topological polar surface area (TPSA) is 190 Å². The van der Waals surface area contributed by atoms with Gasteiger partial charge in [0.25, 0.3) is 5.91 Å². The second-order valence-electron chi connectivity index (χ2n) is 11.0. The van der Waals surface area contributed by atoms with E-state index in [1.165, 1.54) is 0 Å². The molecule has 13 heteroatoms. The molecule has 3 aromatic carbocycles. The van der Waals surface area contributed by atoms with Crippen LogP contribution >= 0.6 is 0 Å². The molecule has 0 aromatic heterocycles. The fourth-order valence-electron chi connectivity index (χ4n) is 5.07. The van der Waals surface area contributed by atoms with Gasteiger partial charge in [-0.05, 0) is 49.9 Å². The lowest BCUT2D eigenvalue weighted by Crippen LogP contribution is -2.48. The lowest BCUT2D eigenvalue weighted by molar-refractivity contribution is -0.150. The first-order valence-corrected chi connectivity index (χ1v) is 15.6. The van der Waals surface area contributed by atoms with E-state index < -0.39 is 35.7 Å². The van der Waals surface area contributed by atoms with Gasteiger partial charge in [-0.25, -0.2) is 4.79 Å². The van der Waals surface area contributed by atoms with Crippen molar-refractivity contribution in [1.82, 2.24) is 5.32 Å². The van der Waals surface area contributed by atoms with Gasteiger partial charge in [-0.3, -0.25) is 24.6 Å². The Morgan fingerprint density at radius 1 is 0.938 bits per heavy atom. The van der Waals surface area contributed by atoms with Gasteiger partial charge in [0.1, 0.15) is 23.5 Å². The summed E-state index contributed by atoms with van der Waals surface area (Å²) in [7, 11) is 0. The summed E-state index contributed by atoms with van der Waals surface area (Å²) in [5, 5.41) is 13.0. The summed E-state index contributed by atoms with van der Waals surface area (Å²) in [4.78, 5) is 66.4. The number of nitrogens with one attached hydrogen (secondary N) is 3. The fraction of sp³-hybridized carbons (Fsp3) is 0.314. The molecular formula is C35H39N5O8. The molecule has 1 unspecified atom stereocenters. The number of ether oxygens (including phenoxy) is 3. The van der Waals surface area contributed by atoms with Crippen LogP contribution in [-0.4, -0.2) is 61.4 Å². The van der Waals surface area contributed by atoms with Crippen molar-refractivity contribution in [3.8, 4) is 5.75 Å². The van der Waals surface area contributed by atoms with Crippen LogP contribution in [0.3, 0.4) is 0 Å². The normalized spacial score (nSPS) is 13.3. The standard InChI is InChI=1S/C35H39N5O8/c1-3-46-31(42)17-15-27(35(45)47-4-2)39-34(44)26(18-22-8-6-5-7-9-22)33(43)38-25-14-16-28-29(19-25)48-21-30(41)40(28)20-23-10-12-24(13-11-23)32(36)37/h5-14,16,19,26-27H,3-4,15,17-18,20-21H2,1-2H3,(H3,36,37)(H,38,43)(H,39,44)/t26?,27-/m0/s1. The predicted molar refractivity (Wildman–Crippen MR) is 177 cm³/mol. The van der Waals surface area contributed by atoms with Gasteiger partial charge in [0.15, 0.2) is 6.61 Å². The van der Waals surface area contributed by atoms with Gasteiger partial charge < -0.3 is 35.5 Å². The van der Waals surface area contributed by atoms with Crippen LogP contribution in [0.5, 0.6) is 5.75 Å². The molecule has 0 spiro atoms. The maximum absolute atomic E-state index is 13.7. The quantitative estimate of drug-likeness (QED) is 0.0824. The Kier molecular flexibility index (Phi) is 12.2. The number of benzene rings is 3. The zero-order valence-corrected chi connectivity index (χ0v) is 26.8. The van der Waals surface area contributed by atoms with Crippen LogP contribution in [0.1, 0.15) is 43.4 Å². The molecule has 0 saturated carbocycles. The molecule has 2 atom stereocenters. The number of nitrogens with two attached hydrogens (primary N) is 1. The molecule has 48 heavy (non-hydrogen) atoms. The molecule has 0 saturated heterocycles. The number of rotatable bonds is 15. The number of carbonyl (C=O) groups is 5. The molecule has 13 nitrogen and oxygen atoms in total. The maximum Gasteiger partial charge on any atom is 0.328 e. The van der Waals surface area contributed by atoms with Gasteiger partial charge in [-0.15, -0.1) is 0 Å². The first-order chi connectivity index (χ1) is 23.1. The summed E-state index contributed by atoms with van der Waals surface area (Å²) in [6, 6.07) is 19.6. The zero-order chi connectivity index (χ0) is 34.6. The minimum atomic E-state index is -1.26. The van der Waals surface area contributed by atoms with Crippen molar-refractivity contribution in [2.45, 2.75) is 45.7 Å². The highest BCUT2D eigenvalue weighted by Crippen LogP contribution is 2.35. The second-order valence-corrected chi connectivity index (χ2v) is 11.0. The Balaban J connectivity index is 1.53. The van der Waals surface area contributed by atoms with Crippen LogP contribution in [0.25, 0.3) is 0 Å². The van der Waals surface area contributed by atoms with Crippen molar-refractivity contribution < 1.29 is 38.2 Å². The number of nitrogen functional groups attached to an aromatic ring is 1. The Morgan fingerprint density at radius 2 is 1.65 bits per heavy atom. The van der Waals surface area contributed by atoms with Gasteiger partial charge in [0, 0.05) is 23.7 Å². The molecule has 3 aromatic rings. The summed E-state index contributed by atoms with van der Waals surface area (Å²) in [5.41, 5.74) is 8.47. The Bertz CT molecular complexity index is 1640. The van der Waals surface area contributed by atoms with Gasteiger partial charge >= 0.3 is 11.9 Å². The summed E-state index contributed by atoms with van der Waals surface area (Å²) in [6.07, 6.45) is -0.176. The van der Waals surface area contributed by atoms with Gasteiger partial charge in [0.2, 0.25) is 11.8 Å². The SMILES string of the molecule is CCOC(=O)CC[C@H](NC(=O)C(Cc1ccccc1)C(=O)Nc1ccc2c(c1)OCC(=O)N2Cc1ccc(C(=N)N)cc1)C(=O)OCC. The summed E-state index contributed by atoms with van der Waals surface area (Å²) in [5.74, 6) is -3.83. The van der Waals surface area contributed by atoms with E-state index in [9.17, 15) is 24.0 Å². The molecule has 0 aliphatic carbocycles. The maximum atomic E-state index is 13.7. The molecule has 1 aliphatic rings. The van der Waals surface area contributed by atoms with Crippen LogP contribution in [0, 0.1) is 11.3 Å². The van der Waals surface area contributed by atoms with Gasteiger partial charge in [-0.1, -0.05) is 54.6 Å². The average molecular weight is 658 g/mol. The van der Waals surface area contributed by atoms with E-state index in [-0.39, 0.29) is 57.4 Å². The first-order valence-electron chi connectivity index (χ1n) is 15.6. The first kappa shape index (κ1) is 35.1. The number of anilines is 2. The Hall–Kier alpha value is -5.72. The van der Waals surface area contributed by atoms with E-state index in [4.69, 9.17) is 25.4 Å². The number of carbonyl (C=O) groups excluding carboxylic acids is 5. The molecule has 1 heterocycles. The molecule has 0 radical (unpaired) electrons. The van der Waals surface area contributed by atoms with E-state index >= 15 is 0 Å². The number of nitrogens with zero attached hydrogens (tertiary/aromatic N) is 1.